The summed E-state index contributed by atoms with van der Waals surface area (Å²) in [6.07, 6.45) is 3.31. The number of benzene rings is 1. The number of aromatic nitrogens is 4. The summed E-state index contributed by atoms with van der Waals surface area (Å²) >= 11 is 5.90. The van der Waals surface area contributed by atoms with Gasteiger partial charge in [-0.25, -0.2) is 4.98 Å². The first-order chi connectivity index (χ1) is 10.3. The van der Waals surface area contributed by atoms with E-state index in [1.54, 1.807) is 17.0 Å². The van der Waals surface area contributed by atoms with Crippen LogP contribution in [0.25, 0.3) is 28.6 Å². The maximum Gasteiger partial charge on any atom is 0.253 e. The van der Waals surface area contributed by atoms with E-state index >= 15 is 0 Å². The zero-order valence-corrected chi connectivity index (χ0v) is 11.5. The second kappa shape index (κ2) is 4.71. The van der Waals surface area contributed by atoms with Crippen molar-refractivity contribution in [2.24, 2.45) is 0 Å². The molecule has 4 aromatic rings. The van der Waals surface area contributed by atoms with Gasteiger partial charge in [0.15, 0.2) is 11.6 Å². The van der Waals surface area contributed by atoms with Crippen molar-refractivity contribution in [2.45, 2.75) is 0 Å². The lowest BCUT2D eigenvalue weighted by Crippen LogP contribution is -1.94. The highest BCUT2D eigenvalue weighted by Gasteiger charge is 2.12. The summed E-state index contributed by atoms with van der Waals surface area (Å²) < 4.78 is 7.09. The molecule has 3 aromatic heterocycles. The van der Waals surface area contributed by atoms with Crippen LogP contribution in [0.5, 0.6) is 0 Å². The molecule has 0 aliphatic heterocycles. The van der Waals surface area contributed by atoms with Gasteiger partial charge in [-0.05, 0) is 42.5 Å². The van der Waals surface area contributed by atoms with E-state index in [2.05, 4.69) is 15.1 Å². The zero-order chi connectivity index (χ0) is 14.2. The Kier molecular flexibility index (Phi) is 2.72. The van der Waals surface area contributed by atoms with Crippen LogP contribution in [0.4, 0.5) is 0 Å². The number of fused-ring (bicyclic) bond motifs is 1. The minimum absolute atomic E-state index is 0.522. The second-order valence-electron chi connectivity index (χ2n) is 4.46. The topological polar surface area (TPSA) is 56.2 Å². The molecule has 3 heterocycles. The predicted molar refractivity (Wildman–Crippen MR) is 78.9 cm³/mol. The average molecular weight is 297 g/mol. The van der Waals surface area contributed by atoms with Crippen LogP contribution in [0.3, 0.4) is 0 Å². The lowest BCUT2D eigenvalue weighted by atomic mass is 10.2. The third-order valence-corrected chi connectivity index (χ3v) is 3.37. The number of nitrogens with zero attached hydrogens (tertiary/aromatic N) is 4. The summed E-state index contributed by atoms with van der Waals surface area (Å²) in [7, 11) is 0. The van der Waals surface area contributed by atoms with Crippen LogP contribution in [0.1, 0.15) is 0 Å². The Morgan fingerprint density at radius 1 is 1.05 bits per heavy atom. The highest BCUT2D eigenvalue weighted by molar-refractivity contribution is 6.30. The fourth-order valence-electron chi connectivity index (χ4n) is 2.13. The van der Waals surface area contributed by atoms with Gasteiger partial charge in [0, 0.05) is 16.8 Å². The van der Waals surface area contributed by atoms with Crippen molar-refractivity contribution in [2.75, 3.05) is 0 Å². The van der Waals surface area contributed by atoms with Gasteiger partial charge in [-0.2, -0.15) is 9.50 Å². The van der Waals surface area contributed by atoms with Gasteiger partial charge in [0.25, 0.3) is 5.78 Å². The summed E-state index contributed by atoms with van der Waals surface area (Å²) in [5, 5.41) is 5.19. The molecule has 0 N–H and O–H groups in total. The molecule has 0 radical (unpaired) electrons. The molecule has 5 nitrogen and oxygen atoms in total. The van der Waals surface area contributed by atoms with Crippen molar-refractivity contribution < 1.29 is 4.42 Å². The fourth-order valence-corrected chi connectivity index (χ4v) is 2.25. The van der Waals surface area contributed by atoms with Crippen LogP contribution in [-0.2, 0) is 0 Å². The molecular formula is C15H9ClN4O. The lowest BCUT2D eigenvalue weighted by Gasteiger charge is -1.98. The Labute approximate surface area is 124 Å². The molecular weight excluding hydrogens is 288 g/mol. The third-order valence-electron chi connectivity index (χ3n) is 3.12. The zero-order valence-electron chi connectivity index (χ0n) is 10.8. The van der Waals surface area contributed by atoms with E-state index in [0.29, 0.717) is 16.6 Å². The molecule has 0 aliphatic rings. The lowest BCUT2D eigenvalue weighted by molar-refractivity contribution is 0.577. The Morgan fingerprint density at radius 2 is 1.90 bits per heavy atom. The SMILES string of the molecule is Clc1ccc(-c2nc3nccc(-c4ccco4)n3n2)cc1. The number of halogens is 1. The Bertz CT molecular complexity index is 897. The molecule has 4 rings (SSSR count). The van der Waals surface area contributed by atoms with Crippen LogP contribution in [0, 0.1) is 0 Å². The van der Waals surface area contributed by atoms with Crippen LogP contribution >= 0.6 is 11.6 Å². The summed E-state index contributed by atoms with van der Waals surface area (Å²) in [5.74, 6) is 1.84. The van der Waals surface area contributed by atoms with E-state index in [-0.39, 0.29) is 0 Å². The number of furan rings is 1. The highest BCUT2D eigenvalue weighted by Crippen LogP contribution is 2.23. The first-order valence-electron chi connectivity index (χ1n) is 6.33. The largest absolute Gasteiger partial charge is 0.463 e. The van der Waals surface area contributed by atoms with Gasteiger partial charge in [-0.3, -0.25) is 0 Å². The van der Waals surface area contributed by atoms with Crippen molar-refractivity contribution in [1.82, 2.24) is 19.6 Å². The van der Waals surface area contributed by atoms with Crippen molar-refractivity contribution in [3.63, 3.8) is 0 Å². The summed E-state index contributed by atoms with van der Waals surface area (Å²) in [6.45, 7) is 0. The van der Waals surface area contributed by atoms with Gasteiger partial charge in [0.2, 0.25) is 0 Å². The number of rotatable bonds is 2. The van der Waals surface area contributed by atoms with E-state index in [1.165, 1.54) is 0 Å². The third kappa shape index (κ3) is 2.08. The van der Waals surface area contributed by atoms with E-state index in [9.17, 15) is 0 Å². The molecule has 0 bridgehead atoms. The first kappa shape index (κ1) is 12.1. The molecule has 1 aromatic carbocycles. The first-order valence-corrected chi connectivity index (χ1v) is 6.71. The molecule has 21 heavy (non-hydrogen) atoms. The number of hydrogen-bond donors (Lipinski definition) is 0. The van der Waals surface area contributed by atoms with Crippen LogP contribution < -0.4 is 0 Å². The fraction of sp³-hybridized carbons (Fsp3) is 0. The maximum atomic E-state index is 5.90. The van der Waals surface area contributed by atoms with Gasteiger partial charge in [-0.1, -0.05) is 11.6 Å². The van der Waals surface area contributed by atoms with Gasteiger partial charge in [-0.15, -0.1) is 5.10 Å². The summed E-state index contributed by atoms with van der Waals surface area (Å²) in [5.41, 5.74) is 1.69. The molecule has 0 aliphatic carbocycles. The molecule has 0 spiro atoms. The second-order valence-corrected chi connectivity index (χ2v) is 4.90. The minimum Gasteiger partial charge on any atom is -0.463 e. The molecule has 0 saturated carbocycles. The maximum absolute atomic E-state index is 5.90. The summed E-state index contributed by atoms with van der Waals surface area (Å²) in [6, 6.07) is 12.9. The van der Waals surface area contributed by atoms with Crippen LogP contribution in [-0.4, -0.2) is 19.6 Å². The summed E-state index contributed by atoms with van der Waals surface area (Å²) in [4.78, 5) is 8.68. The Morgan fingerprint density at radius 3 is 2.67 bits per heavy atom. The molecule has 0 atom stereocenters. The van der Waals surface area contributed by atoms with Crippen molar-refractivity contribution >= 4 is 17.4 Å². The van der Waals surface area contributed by atoms with Gasteiger partial charge in [0.05, 0.1) is 6.26 Å². The molecule has 0 amide bonds. The van der Waals surface area contributed by atoms with Crippen molar-refractivity contribution in [1.29, 1.82) is 0 Å². The van der Waals surface area contributed by atoms with Gasteiger partial charge in [0.1, 0.15) is 5.69 Å². The van der Waals surface area contributed by atoms with E-state index in [1.807, 2.05) is 42.5 Å². The molecule has 0 fully saturated rings. The molecule has 0 unspecified atom stereocenters. The smallest absolute Gasteiger partial charge is 0.253 e. The van der Waals surface area contributed by atoms with Gasteiger partial charge < -0.3 is 4.42 Å². The predicted octanol–water partition coefficient (Wildman–Crippen LogP) is 3.70. The molecule has 102 valence electrons. The van der Waals surface area contributed by atoms with E-state index < -0.39 is 0 Å². The van der Waals surface area contributed by atoms with Crippen LogP contribution in [0.15, 0.2) is 59.3 Å². The molecule has 0 saturated heterocycles. The monoisotopic (exact) mass is 296 g/mol. The molecule has 6 heteroatoms. The van der Waals surface area contributed by atoms with E-state index in [4.69, 9.17) is 16.0 Å². The standard InChI is InChI=1S/C15H9ClN4O/c16-11-5-3-10(4-6-11)14-18-15-17-8-7-12(20(15)19-14)13-2-1-9-21-13/h1-9H. The Hall–Kier alpha value is -2.66. The van der Waals surface area contributed by atoms with E-state index in [0.717, 1.165) is 17.0 Å². The van der Waals surface area contributed by atoms with Crippen molar-refractivity contribution in [3.8, 4) is 22.8 Å². The van der Waals surface area contributed by atoms with Gasteiger partial charge >= 0.3 is 0 Å². The minimum atomic E-state index is 0.522. The normalized spacial score (nSPS) is 11.1. The number of hydrogen-bond acceptors (Lipinski definition) is 4. The highest BCUT2D eigenvalue weighted by atomic mass is 35.5. The van der Waals surface area contributed by atoms with Crippen molar-refractivity contribution in [3.05, 3.63) is 59.9 Å². The quantitative estimate of drug-likeness (QED) is 0.566. The Balaban J connectivity index is 1.90. The van der Waals surface area contributed by atoms with Crippen LogP contribution in [0.2, 0.25) is 5.02 Å². The average Bonchev–Trinajstić information content (AvgIpc) is 3.17.